The highest BCUT2D eigenvalue weighted by molar-refractivity contribution is 5.97. The molecule has 1 saturated heterocycles. The topological polar surface area (TPSA) is 98.1 Å². The molecule has 1 fully saturated rings. The minimum atomic E-state index is -0.141. The van der Waals surface area contributed by atoms with E-state index >= 15 is 0 Å². The average molecular weight is 335 g/mol. The van der Waals surface area contributed by atoms with Crippen molar-refractivity contribution >= 4 is 17.6 Å². The van der Waals surface area contributed by atoms with Crippen LogP contribution in [0.3, 0.4) is 0 Å². The SMILES string of the molecule is N#Cc1ccnc(NCc2ccc(C(=O)N3CCNC(=O)C3)cc2)c1. The lowest BCUT2D eigenvalue weighted by Gasteiger charge is -2.26. The summed E-state index contributed by atoms with van der Waals surface area (Å²) in [4.78, 5) is 29.5. The lowest BCUT2D eigenvalue weighted by molar-refractivity contribution is -0.123. The Morgan fingerprint density at radius 1 is 1.32 bits per heavy atom. The van der Waals surface area contributed by atoms with E-state index in [-0.39, 0.29) is 18.4 Å². The number of aromatic nitrogens is 1. The average Bonchev–Trinajstić information content (AvgIpc) is 2.66. The smallest absolute Gasteiger partial charge is 0.254 e. The number of rotatable bonds is 4. The van der Waals surface area contributed by atoms with Gasteiger partial charge in [-0.1, -0.05) is 12.1 Å². The summed E-state index contributed by atoms with van der Waals surface area (Å²) in [6.07, 6.45) is 1.58. The van der Waals surface area contributed by atoms with E-state index in [1.165, 1.54) is 0 Å². The van der Waals surface area contributed by atoms with Gasteiger partial charge in [0.25, 0.3) is 5.91 Å². The second-order valence-corrected chi connectivity index (χ2v) is 5.67. The van der Waals surface area contributed by atoms with E-state index in [1.807, 2.05) is 12.1 Å². The number of anilines is 1. The molecule has 2 heterocycles. The van der Waals surface area contributed by atoms with Crippen LogP contribution in [0, 0.1) is 11.3 Å². The molecule has 1 aliphatic rings. The lowest BCUT2D eigenvalue weighted by atomic mass is 10.1. The maximum atomic E-state index is 12.4. The number of benzene rings is 1. The second kappa shape index (κ2) is 7.45. The summed E-state index contributed by atoms with van der Waals surface area (Å²) in [5.74, 6) is 0.351. The maximum absolute atomic E-state index is 12.4. The monoisotopic (exact) mass is 335 g/mol. The fourth-order valence-electron chi connectivity index (χ4n) is 2.55. The molecule has 25 heavy (non-hydrogen) atoms. The number of nitrogens with one attached hydrogen (secondary N) is 2. The van der Waals surface area contributed by atoms with Gasteiger partial charge < -0.3 is 15.5 Å². The van der Waals surface area contributed by atoms with Gasteiger partial charge >= 0.3 is 0 Å². The van der Waals surface area contributed by atoms with Crippen molar-refractivity contribution in [2.45, 2.75) is 6.54 Å². The van der Waals surface area contributed by atoms with E-state index in [2.05, 4.69) is 21.7 Å². The number of piperazine rings is 1. The molecular weight excluding hydrogens is 318 g/mol. The molecule has 3 rings (SSSR count). The second-order valence-electron chi connectivity index (χ2n) is 5.67. The van der Waals surface area contributed by atoms with Crippen molar-refractivity contribution in [1.82, 2.24) is 15.2 Å². The molecule has 0 aliphatic carbocycles. The summed E-state index contributed by atoms with van der Waals surface area (Å²) >= 11 is 0. The first-order chi connectivity index (χ1) is 12.2. The van der Waals surface area contributed by atoms with Crippen molar-refractivity contribution in [1.29, 1.82) is 5.26 Å². The van der Waals surface area contributed by atoms with Crippen LogP contribution in [0.1, 0.15) is 21.5 Å². The molecule has 0 saturated carbocycles. The van der Waals surface area contributed by atoms with E-state index in [1.54, 1.807) is 35.4 Å². The van der Waals surface area contributed by atoms with Gasteiger partial charge in [-0.05, 0) is 29.8 Å². The molecule has 2 N–H and O–H groups in total. The molecule has 0 unspecified atom stereocenters. The fraction of sp³-hybridized carbons (Fsp3) is 0.222. The summed E-state index contributed by atoms with van der Waals surface area (Å²) in [5.41, 5.74) is 2.09. The number of hydrogen-bond donors (Lipinski definition) is 2. The van der Waals surface area contributed by atoms with E-state index in [0.29, 0.717) is 36.6 Å². The highest BCUT2D eigenvalue weighted by atomic mass is 16.2. The van der Waals surface area contributed by atoms with E-state index in [9.17, 15) is 9.59 Å². The number of carbonyl (C=O) groups is 2. The van der Waals surface area contributed by atoms with E-state index in [4.69, 9.17) is 5.26 Å². The first-order valence-electron chi connectivity index (χ1n) is 7.90. The molecule has 2 amide bonds. The Morgan fingerprint density at radius 2 is 2.12 bits per heavy atom. The summed E-state index contributed by atoms with van der Waals surface area (Å²) in [6, 6.07) is 12.6. The van der Waals surface area contributed by atoms with Crippen molar-refractivity contribution in [2.75, 3.05) is 25.0 Å². The van der Waals surface area contributed by atoms with E-state index in [0.717, 1.165) is 5.56 Å². The van der Waals surface area contributed by atoms with Gasteiger partial charge in [-0.3, -0.25) is 9.59 Å². The molecular formula is C18H17N5O2. The maximum Gasteiger partial charge on any atom is 0.254 e. The molecule has 126 valence electrons. The normalized spacial score (nSPS) is 13.7. The summed E-state index contributed by atoms with van der Waals surface area (Å²) in [5, 5.41) is 14.7. The molecule has 7 nitrogen and oxygen atoms in total. The van der Waals surface area contributed by atoms with Gasteiger partial charge in [0.1, 0.15) is 5.82 Å². The highest BCUT2D eigenvalue weighted by Crippen LogP contribution is 2.11. The van der Waals surface area contributed by atoms with E-state index < -0.39 is 0 Å². The first kappa shape index (κ1) is 16.5. The van der Waals surface area contributed by atoms with Crippen LogP contribution in [-0.2, 0) is 11.3 Å². The predicted molar refractivity (Wildman–Crippen MR) is 91.6 cm³/mol. The number of pyridine rings is 1. The van der Waals surface area contributed by atoms with Crippen LogP contribution in [0.5, 0.6) is 0 Å². The number of carbonyl (C=O) groups excluding carboxylic acids is 2. The Morgan fingerprint density at radius 3 is 2.84 bits per heavy atom. The zero-order valence-electron chi connectivity index (χ0n) is 13.5. The van der Waals surface area contributed by atoms with Gasteiger partial charge in [-0.2, -0.15) is 5.26 Å². The molecule has 7 heteroatoms. The zero-order chi connectivity index (χ0) is 17.6. The Kier molecular flexibility index (Phi) is 4.90. The number of amides is 2. The first-order valence-corrected chi connectivity index (χ1v) is 7.90. The Bertz CT molecular complexity index is 826. The largest absolute Gasteiger partial charge is 0.366 e. The molecule has 0 atom stereocenters. The third kappa shape index (κ3) is 4.12. The molecule has 0 spiro atoms. The Labute approximate surface area is 145 Å². The van der Waals surface area contributed by atoms with Gasteiger partial charge in [-0.25, -0.2) is 4.98 Å². The van der Waals surface area contributed by atoms with Crippen LogP contribution in [0.4, 0.5) is 5.82 Å². The summed E-state index contributed by atoms with van der Waals surface area (Å²) in [7, 11) is 0. The number of nitriles is 1. The standard InChI is InChI=1S/C18H17N5O2/c19-10-14-5-6-20-16(9-14)22-11-13-1-3-15(4-2-13)18(25)23-8-7-21-17(24)12-23/h1-6,9H,7-8,11-12H2,(H,20,22)(H,21,24). The third-order valence-corrected chi connectivity index (χ3v) is 3.89. The van der Waals surface area contributed by atoms with Gasteiger partial charge in [0.15, 0.2) is 0 Å². The van der Waals surface area contributed by atoms with Crippen molar-refractivity contribution < 1.29 is 9.59 Å². The molecule has 0 bridgehead atoms. The van der Waals surface area contributed by atoms with Gasteiger partial charge in [0.05, 0.1) is 18.2 Å². The number of hydrogen-bond acceptors (Lipinski definition) is 5. The molecule has 1 aromatic heterocycles. The molecule has 1 aromatic carbocycles. The van der Waals surface area contributed by atoms with Gasteiger partial charge in [-0.15, -0.1) is 0 Å². The van der Waals surface area contributed by atoms with Gasteiger partial charge in [0.2, 0.25) is 5.91 Å². The number of nitrogens with zero attached hydrogens (tertiary/aromatic N) is 3. The quantitative estimate of drug-likeness (QED) is 0.873. The lowest BCUT2D eigenvalue weighted by Crippen LogP contribution is -2.49. The molecule has 0 radical (unpaired) electrons. The Balaban J connectivity index is 1.61. The van der Waals surface area contributed by atoms with Gasteiger partial charge in [0, 0.05) is 31.4 Å². The molecule has 1 aliphatic heterocycles. The highest BCUT2D eigenvalue weighted by Gasteiger charge is 2.21. The van der Waals surface area contributed by atoms with Crippen LogP contribution in [-0.4, -0.2) is 41.3 Å². The minimum Gasteiger partial charge on any atom is -0.366 e. The zero-order valence-corrected chi connectivity index (χ0v) is 13.5. The fourth-order valence-corrected chi connectivity index (χ4v) is 2.55. The third-order valence-electron chi connectivity index (χ3n) is 3.89. The summed E-state index contributed by atoms with van der Waals surface area (Å²) in [6.45, 7) is 1.64. The summed E-state index contributed by atoms with van der Waals surface area (Å²) < 4.78 is 0. The van der Waals surface area contributed by atoms with Crippen LogP contribution in [0.2, 0.25) is 0 Å². The van der Waals surface area contributed by atoms with Crippen LogP contribution < -0.4 is 10.6 Å². The minimum absolute atomic E-state index is 0.100. The Hall–Kier alpha value is -3.40. The molecule has 2 aromatic rings. The van der Waals surface area contributed by atoms with Crippen molar-refractivity contribution in [3.8, 4) is 6.07 Å². The van der Waals surface area contributed by atoms with Crippen LogP contribution >= 0.6 is 0 Å². The van der Waals surface area contributed by atoms with Crippen LogP contribution in [0.25, 0.3) is 0 Å². The van der Waals surface area contributed by atoms with Crippen LogP contribution in [0.15, 0.2) is 42.6 Å². The van der Waals surface area contributed by atoms with Crippen molar-refractivity contribution in [2.24, 2.45) is 0 Å². The van der Waals surface area contributed by atoms with Crippen molar-refractivity contribution in [3.05, 3.63) is 59.3 Å². The predicted octanol–water partition coefficient (Wildman–Crippen LogP) is 1.14. The van der Waals surface area contributed by atoms with Crippen molar-refractivity contribution in [3.63, 3.8) is 0 Å².